The summed E-state index contributed by atoms with van der Waals surface area (Å²) in [5.41, 5.74) is 6.13. The molecule has 0 aliphatic carbocycles. The van der Waals surface area contributed by atoms with E-state index < -0.39 is 6.04 Å². The number of carbonyl (C=O) groups is 1. The molecular formula is C13H20N2O3. The van der Waals surface area contributed by atoms with Crippen molar-refractivity contribution in [3.63, 3.8) is 0 Å². The minimum absolute atomic E-state index is 0.235. The van der Waals surface area contributed by atoms with Crippen molar-refractivity contribution in [1.29, 1.82) is 0 Å². The molecule has 1 rings (SSSR count). The van der Waals surface area contributed by atoms with Gasteiger partial charge in [0.25, 0.3) is 0 Å². The van der Waals surface area contributed by atoms with E-state index >= 15 is 0 Å². The average Bonchev–Trinajstić information content (AvgIpc) is 2.33. The number of amides is 1. The summed E-state index contributed by atoms with van der Waals surface area (Å²) in [4.78, 5) is 11.5. The number of hydrogen-bond donors (Lipinski definition) is 2. The van der Waals surface area contributed by atoms with Gasteiger partial charge in [0.2, 0.25) is 5.91 Å². The lowest BCUT2D eigenvalue weighted by atomic mass is 10.2. The first-order valence-corrected chi connectivity index (χ1v) is 6.04. The largest absolute Gasteiger partial charge is 0.490 e. The van der Waals surface area contributed by atoms with Crippen LogP contribution in [0.3, 0.4) is 0 Å². The summed E-state index contributed by atoms with van der Waals surface area (Å²) in [6.45, 7) is 6.52. The number of hydrogen-bond acceptors (Lipinski definition) is 4. The molecule has 5 nitrogen and oxygen atoms in total. The van der Waals surface area contributed by atoms with Crippen LogP contribution < -0.4 is 20.5 Å². The average molecular weight is 252 g/mol. The van der Waals surface area contributed by atoms with E-state index in [1.165, 1.54) is 0 Å². The van der Waals surface area contributed by atoms with Gasteiger partial charge in [0.05, 0.1) is 19.3 Å². The zero-order valence-corrected chi connectivity index (χ0v) is 11.0. The van der Waals surface area contributed by atoms with Gasteiger partial charge >= 0.3 is 0 Å². The molecule has 0 aliphatic rings. The zero-order valence-electron chi connectivity index (χ0n) is 11.0. The fourth-order valence-corrected chi connectivity index (χ4v) is 1.38. The van der Waals surface area contributed by atoms with E-state index in [1.54, 1.807) is 25.1 Å². The first-order valence-electron chi connectivity index (χ1n) is 6.04. The lowest BCUT2D eigenvalue weighted by molar-refractivity contribution is -0.117. The highest BCUT2D eigenvalue weighted by atomic mass is 16.5. The van der Waals surface area contributed by atoms with Crippen molar-refractivity contribution in [2.45, 2.75) is 26.8 Å². The highest BCUT2D eigenvalue weighted by Crippen LogP contribution is 2.30. The monoisotopic (exact) mass is 252 g/mol. The van der Waals surface area contributed by atoms with Crippen molar-refractivity contribution >= 4 is 11.6 Å². The minimum atomic E-state index is -0.549. The van der Waals surface area contributed by atoms with E-state index in [-0.39, 0.29) is 5.91 Å². The Balaban J connectivity index is 2.88. The van der Waals surface area contributed by atoms with Crippen molar-refractivity contribution in [2.75, 3.05) is 18.5 Å². The summed E-state index contributed by atoms with van der Waals surface area (Å²) in [6.07, 6.45) is 0. The maximum atomic E-state index is 11.5. The Morgan fingerprint density at radius 2 is 1.89 bits per heavy atom. The first-order chi connectivity index (χ1) is 8.58. The lowest BCUT2D eigenvalue weighted by Gasteiger charge is -2.13. The molecule has 0 aromatic heterocycles. The number of nitrogens with two attached hydrogens (primary N) is 1. The molecule has 5 heteroatoms. The molecular weight excluding hydrogens is 232 g/mol. The smallest absolute Gasteiger partial charge is 0.241 e. The molecule has 18 heavy (non-hydrogen) atoms. The number of benzene rings is 1. The third-order valence-corrected chi connectivity index (χ3v) is 2.22. The molecule has 1 amide bonds. The Morgan fingerprint density at radius 1 is 1.28 bits per heavy atom. The van der Waals surface area contributed by atoms with Gasteiger partial charge in [0.1, 0.15) is 0 Å². The highest BCUT2D eigenvalue weighted by Gasteiger charge is 2.10. The molecule has 0 spiro atoms. The standard InChI is InChI=1S/C13H20N2O3/c1-4-17-11-7-6-10(8-12(11)18-5-2)15-13(16)9(3)14/h6-9H,4-5,14H2,1-3H3,(H,15,16). The number of rotatable bonds is 6. The topological polar surface area (TPSA) is 73.6 Å². The Bertz CT molecular complexity index is 405. The third kappa shape index (κ3) is 3.92. The third-order valence-electron chi connectivity index (χ3n) is 2.22. The number of ether oxygens (including phenoxy) is 2. The van der Waals surface area contributed by atoms with E-state index in [1.807, 2.05) is 13.8 Å². The molecule has 0 saturated carbocycles. The zero-order chi connectivity index (χ0) is 13.5. The molecule has 0 heterocycles. The Morgan fingerprint density at radius 3 is 2.44 bits per heavy atom. The van der Waals surface area contributed by atoms with Gasteiger partial charge in [0, 0.05) is 11.8 Å². The van der Waals surface area contributed by atoms with Gasteiger partial charge < -0.3 is 20.5 Å². The molecule has 1 unspecified atom stereocenters. The molecule has 0 saturated heterocycles. The molecule has 1 aromatic carbocycles. The van der Waals surface area contributed by atoms with Crippen LogP contribution in [0.4, 0.5) is 5.69 Å². The van der Waals surface area contributed by atoms with Gasteiger partial charge in [-0.25, -0.2) is 0 Å². The van der Waals surface area contributed by atoms with Crippen molar-refractivity contribution in [3.8, 4) is 11.5 Å². The summed E-state index contributed by atoms with van der Waals surface area (Å²) in [6, 6.07) is 4.71. The van der Waals surface area contributed by atoms with Crippen LogP contribution >= 0.6 is 0 Å². The molecule has 0 aliphatic heterocycles. The Hall–Kier alpha value is -1.75. The van der Waals surface area contributed by atoms with Crippen LogP contribution in [0.5, 0.6) is 11.5 Å². The fourth-order valence-electron chi connectivity index (χ4n) is 1.38. The van der Waals surface area contributed by atoms with Crippen molar-refractivity contribution < 1.29 is 14.3 Å². The maximum Gasteiger partial charge on any atom is 0.241 e. The maximum absolute atomic E-state index is 11.5. The van der Waals surface area contributed by atoms with Crippen LogP contribution in [0.2, 0.25) is 0 Å². The summed E-state index contributed by atoms with van der Waals surface area (Å²) in [5, 5.41) is 2.71. The van der Waals surface area contributed by atoms with Crippen molar-refractivity contribution in [3.05, 3.63) is 18.2 Å². The first kappa shape index (κ1) is 14.3. The van der Waals surface area contributed by atoms with Crippen LogP contribution in [-0.2, 0) is 4.79 Å². The highest BCUT2D eigenvalue weighted by molar-refractivity contribution is 5.94. The van der Waals surface area contributed by atoms with Crippen molar-refractivity contribution in [1.82, 2.24) is 0 Å². The molecule has 0 radical (unpaired) electrons. The van der Waals surface area contributed by atoms with E-state index in [0.717, 1.165) is 0 Å². The van der Waals surface area contributed by atoms with E-state index in [0.29, 0.717) is 30.4 Å². The van der Waals surface area contributed by atoms with Crippen molar-refractivity contribution in [2.24, 2.45) is 5.73 Å². The summed E-state index contributed by atoms with van der Waals surface area (Å²) in [7, 11) is 0. The van der Waals surface area contributed by atoms with E-state index in [4.69, 9.17) is 15.2 Å². The second-order valence-electron chi connectivity index (χ2n) is 3.81. The SMILES string of the molecule is CCOc1ccc(NC(=O)C(C)N)cc1OCC. The van der Waals surface area contributed by atoms with Crippen LogP contribution in [0.15, 0.2) is 18.2 Å². The second-order valence-corrected chi connectivity index (χ2v) is 3.81. The second kappa shape index (κ2) is 6.86. The fraction of sp³-hybridized carbons (Fsp3) is 0.462. The summed E-state index contributed by atoms with van der Waals surface area (Å²) < 4.78 is 10.9. The molecule has 100 valence electrons. The Kier molecular flexibility index (Phi) is 5.45. The molecule has 3 N–H and O–H groups in total. The van der Waals surface area contributed by atoms with Crippen LogP contribution in [0.25, 0.3) is 0 Å². The van der Waals surface area contributed by atoms with Gasteiger partial charge in [-0.15, -0.1) is 0 Å². The van der Waals surface area contributed by atoms with Gasteiger partial charge in [-0.2, -0.15) is 0 Å². The predicted molar refractivity (Wildman–Crippen MR) is 71.1 cm³/mol. The van der Waals surface area contributed by atoms with E-state index in [9.17, 15) is 4.79 Å². The predicted octanol–water partition coefficient (Wildman–Crippen LogP) is 1.77. The van der Waals surface area contributed by atoms with E-state index in [2.05, 4.69) is 5.32 Å². The molecule has 1 atom stereocenters. The molecule has 0 fully saturated rings. The number of carbonyl (C=O) groups excluding carboxylic acids is 1. The van der Waals surface area contributed by atoms with Crippen LogP contribution in [-0.4, -0.2) is 25.2 Å². The van der Waals surface area contributed by atoms with Gasteiger partial charge in [-0.05, 0) is 32.9 Å². The minimum Gasteiger partial charge on any atom is -0.490 e. The van der Waals surface area contributed by atoms with Crippen LogP contribution in [0, 0.1) is 0 Å². The Labute approximate surface area is 107 Å². The number of nitrogens with one attached hydrogen (secondary N) is 1. The van der Waals surface area contributed by atoms with Gasteiger partial charge in [-0.3, -0.25) is 4.79 Å². The quantitative estimate of drug-likeness (QED) is 0.809. The molecule has 0 bridgehead atoms. The summed E-state index contributed by atoms with van der Waals surface area (Å²) >= 11 is 0. The van der Waals surface area contributed by atoms with Crippen LogP contribution in [0.1, 0.15) is 20.8 Å². The summed E-state index contributed by atoms with van der Waals surface area (Å²) in [5.74, 6) is 1.04. The molecule has 1 aromatic rings. The normalized spacial score (nSPS) is 11.8. The number of anilines is 1. The van der Waals surface area contributed by atoms with Gasteiger partial charge in [-0.1, -0.05) is 0 Å². The lowest BCUT2D eigenvalue weighted by Crippen LogP contribution is -2.32. The van der Waals surface area contributed by atoms with Gasteiger partial charge in [0.15, 0.2) is 11.5 Å².